The highest BCUT2D eigenvalue weighted by molar-refractivity contribution is 5.65. The first kappa shape index (κ1) is 21.0. The summed E-state index contributed by atoms with van der Waals surface area (Å²) in [7, 11) is 0. The normalized spacial score (nSPS) is 13.8. The fraction of sp³-hybridized carbons (Fsp3) is 0.269. The van der Waals surface area contributed by atoms with Crippen LogP contribution < -0.4 is 0 Å². The second-order valence-electron chi connectivity index (χ2n) is 7.69. The molecular formula is C26H30N2O. The van der Waals surface area contributed by atoms with Crippen molar-refractivity contribution in [1.29, 1.82) is 0 Å². The van der Waals surface area contributed by atoms with Gasteiger partial charge in [-0.15, -0.1) is 0 Å². The molecule has 1 N–H and O–H groups in total. The molecule has 1 unspecified atom stereocenters. The second-order valence-corrected chi connectivity index (χ2v) is 7.69. The van der Waals surface area contributed by atoms with Crippen LogP contribution in [0.1, 0.15) is 36.8 Å². The number of hydrogen-bond acceptors (Lipinski definition) is 3. The van der Waals surface area contributed by atoms with E-state index in [-0.39, 0.29) is 6.04 Å². The van der Waals surface area contributed by atoms with Crippen molar-refractivity contribution < 1.29 is 5.11 Å². The van der Waals surface area contributed by atoms with E-state index in [0.29, 0.717) is 5.92 Å². The first-order chi connectivity index (χ1) is 14.1. The van der Waals surface area contributed by atoms with Gasteiger partial charge in [-0.2, -0.15) is 0 Å². The Balaban J connectivity index is 1.83. The highest BCUT2D eigenvalue weighted by atomic mass is 16.3. The van der Waals surface area contributed by atoms with E-state index in [1.807, 2.05) is 48.7 Å². The SMILES string of the molecule is CC(C)[C@@H](C=NC(O)c1ccccc1)N(Cc1ccccc1)Cc1ccccc1. The van der Waals surface area contributed by atoms with Crippen molar-refractivity contribution in [3.63, 3.8) is 0 Å². The van der Waals surface area contributed by atoms with Gasteiger partial charge in [0, 0.05) is 30.9 Å². The van der Waals surface area contributed by atoms with Crippen LogP contribution in [0.4, 0.5) is 0 Å². The highest BCUT2D eigenvalue weighted by Gasteiger charge is 2.21. The summed E-state index contributed by atoms with van der Waals surface area (Å²) in [6.45, 7) is 6.06. The van der Waals surface area contributed by atoms with E-state index < -0.39 is 6.23 Å². The van der Waals surface area contributed by atoms with Crippen LogP contribution in [0.5, 0.6) is 0 Å². The van der Waals surface area contributed by atoms with Gasteiger partial charge < -0.3 is 5.11 Å². The van der Waals surface area contributed by atoms with E-state index in [0.717, 1.165) is 18.7 Å². The van der Waals surface area contributed by atoms with E-state index >= 15 is 0 Å². The van der Waals surface area contributed by atoms with Gasteiger partial charge in [0.15, 0.2) is 6.23 Å². The molecule has 0 saturated heterocycles. The fourth-order valence-electron chi connectivity index (χ4n) is 3.47. The zero-order chi connectivity index (χ0) is 20.5. The van der Waals surface area contributed by atoms with Crippen molar-refractivity contribution in [2.45, 2.75) is 39.2 Å². The van der Waals surface area contributed by atoms with Gasteiger partial charge in [0.2, 0.25) is 0 Å². The number of aliphatic imine (C=N–C) groups is 1. The van der Waals surface area contributed by atoms with Gasteiger partial charge in [0.1, 0.15) is 0 Å². The molecule has 0 aromatic heterocycles. The average Bonchev–Trinajstić information content (AvgIpc) is 2.75. The third kappa shape index (κ3) is 6.38. The van der Waals surface area contributed by atoms with Gasteiger partial charge in [-0.1, -0.05) is 105 Å². The smallest absolute Gasteiger partial charge is 0.170 e. The molecule has 29 heavy (non-hydrogen) atoms. The maximum Gasteiger partial charge on any atom is 0.170 e. The van der Waals surface area contributed by atoms with Gasteiger partial charge in [0.25, 0.3) is 0 Å². The summed E-state index contributed by atoms with van der Waals surface area (Å²) in [5.74, 6) is 0.356. The third-order valence-corrected chi connectivity index (χ3v) is 5.04. The Hall–Kier alpha value is -2.75. The van der Waals surface area contributed by atoms with Gasteiger partial charge >= 0.3 is 0 Å². The molecule has 0 saturated carbocycles. The van der Waals surface area contributed by atoms with Crippen molar-refractivity contribution in [1.82, 2.24) is 4.90 Å². The molecule has 0 amide bonds. The van der Waals surface area contributed by atoms with Crippen LogP contribution in [0.3, 0.4) is 0 Å². The molecule has 0 fully saturated rings. The maximum absolute atomic E-state index is 10.5. The Morgan fingerprint density at radius 2 is 1.21 bits per heavy atom. The first-order valence-corrected chi connectivity index (χ1v) is 10.2. The van der Waals surface area contributed by atoms with E-state index in [9.17, 15) is 5.11 Å². The number of benzene rings is 3. The molecule has 0 aliphatic carbocycles. The van der Waals surface area contributed by atoms with E-state index in [1.165, 1.54) is 11.1 Å². The summed E-state index contributed by atoms with van der Waals surface area (Å²) in [6, 6.07) is 30.7. The summed E-state index contributed by atoms with van der Waals surface area (Å²) in [5.41, 5.74) is 3.35. The monoisotopic (exact) mass is 386 g/mol. The Kier molecular flexibility index (Phi) is 7.74. The number of nitrogens with zero attached hydrogens (tertiary/aromatic N) is 2. The lowest BCUT2D eigenvalue weighted by atomic mass is 10.0. The van der Waals surface area contributed by atoms with Crippen molar-refractivity contribution >= 4 is 6.21 Å². The van der Waals surface area contributed by atoms with Crippen molar-refractivity contribution in [2.24, 2.45) is 10.9 Å². The molecule has 0 aliphatic heterocycles. The van der Waals surface area contributed by atoms with Crippen LogP contribution in [0.15, 0.2) is 96.0 Å². The minimum Gasteiger partial charge on any atom is -0.368 e. The van der Waals surface area contributed by atoms with E-state index in [1.54, 1.807) is 0 Å². The summed E-state index contributed by atoms with van der Waals surface area (Å²) in [6.07, 6.45) is 1.08. The topological polar surface area (TPSA) is 35.8 Å². The predicted octanol–water partition coefficient (Wildman–Crippen LogP) is 5.48. The largest absolute Gasteiger partial charge is 0.368 e. The molecule has 0 aliphatic rings. The van der Waals surface area contributed by atoms with Gasteiger partial charge in [-0.05, 0) is 17.0 Å². The number of hydrogen-bond donors (Lipinski definition) is 1. The van der Waals surface area contributed by atoms with E-state index in [4.69, 9.17) is 0 Å². The maximum atomic E-state index is 10.5. The molecule has 0 bridgehead atoms. The van der Waals surface area contributed by atoms with Crippen LogP contribution in [0.2, 0.25) is 0 Å². The minimum absolute atomic E-state index is 0.105. The number of rotatable bonds is 9. The molecule has 3 nitrogen and oxygen atoms in total. The fourth-order valence-corrected chi connectivity index (χ4v) is 3.47. The van der Waals surface area contributed by atoms with Crippen LogP contribution in [-0.2, 0) is 13.1 Å². The number of aliphatic hydroxyl groups excluding tert-OH is 1. The molecule has 3 heteroatoms. The quantitative estimate of drug-likeness (QED) is 0.495. The summed E-state index contributed by atoms with van der Waals surface area (Å²) in [4.78, 5) is 6.94. The van der Waals surface area contributed by atoms with Crippen molar-refractivity contribution in [2.75, 3.05) is 0 Å². The lowest BCUT2D eigenvalue weighted by Crippen LogP contribution is -2.39. The first-order valence-electron chi connectivity index (χ1n) is 10.2. The molecule has 2 atom stereocenters. The van der Waals surface area contributed by atoms with Crippen LogP contribution in [-0.4, -0.2) is 22.3 Å². The van der Waals surface area contributed by atoms with Crippen molar-refractivity contribution in [3.05, 3.63) is 108 Å². The third-order valence-electron chi connectivity index (χ3n) is 5.04. The zero-order valence-electron chi connectivity index (χ0n) is 17.2. The summed E-state index contributed by atoms with van der Waals surface area (Å²) >= 11 is 0. The molecule has 150 valence electrons. The molecule has 0 radical (unpaired) electrons. The molecule has 0 spiro atoms. The predicted molar refractivity (Wildman–Crippen MR) is 121 cm³/mol. The molecule has 3 rings (SSSR count). The highest BCUT2D eigenvalue weighted by Crippen LogP contribution is 2.19. The van der Waals surface area contributed by atoms with Crippen LogP contribution >= 0.6 is 0 Å². The average molecular weight is 387 g/mol. The lowest BCUT2D eigenvalue weighted by molar-refractivity contribution is 0.175. The lowest BCUT2D eigenvalue weighted by Gasteiger charge is -2.32. The van der Waals surface area contributed by atoms with Crippen LogP contribution in [0.25, 0.3) is 0 Å². The minimum atomic E-state index is -0.840. The van der Waals surface area contributed by atoms with Gasteiger partial charge in [0.05, 0.1) is 0 Å². The van der Waals surface area contributed by atoms with Gasteiger partial charge in [-0.25, -0.2) is 0 Å². The zero-order valence-corrected chi connectivity index (χ0v) is 17.2. The Bertz CT molecular complexity index is 821. The molecule has 3 aromatic rings. The van der Waals surface area contributed by atoms with Crippen LogP contribution in [0, 0.1) is 5.92 Å². The standard InChI is InChI=1S/C26H30N2O/c1-21(2)25(18-27-26(29)24-16-10-5-11-17-24)28(19-22-12-6-3-7-13-22)20-23-14-8-4-9-15-23/h3-18,21,25-26,29H,19-20H2,1-2H3/t25-,26?/m1/s1. The Labute approximate surface area is 174 Å². The molecule has 3 aromatic carbocycles. The Morgan fingerprint density at radius 1 is 0.759 bits per heavy atom. The molecular weight excluding hydrogens is 356 g/mol. The van der Waals surface area contributed by atoms with Gasteiger partial charge in [-0.3, -0.25) is 9.89 Å². The Morgan fingerprint density at radius 3 is 1.66 bits per heavy atom. The summed E-state index contributed by atoms with van der Waals surface area (Å²) < 4.78 is 0. The second kappa shape index (κ2) is 10.7. The molecule has 0 heterocycles. The van der Waals surface area contributed by atoms with Crippen molar-refractivity contribution in [3.8, 4) is 0 Å². The number of aliphatic hydroxyl groups is 1. The van der Waals surface area contributed by atoms with E-state index in [2.05, 4.69) is 72.3 Å². The summed E-state index contributed by atoms with van der Waals surface area (Å²) in [5, 5.41) is 10.5.